The summed E-state index contributed by atoms with van der Waals surface area (Å²) >= 11 is 0. The topological polar surface area (TPSA) is 130 Å². The van der Waals surface area contributed by atoms with Crippen molar-refractivity contribution in [3.63, 3.8) is 0 Å². The van der Waals surface area contributed by atoms with Gasteiger partial charge in [-0.05, 0) is 67.9 Å². The molecule has 5 rings (SSSR count). The van der Waals surface area contributed by atoms with Crippen molar-refractivity contribution in [3.8, 4) is 34.3 Å². The highest BCUT2D eigenvalue weighted by atomic mass is 16.6. The van der Waals surface area contributed by atoms with Crippen LogP contribution in [0.2, 0.25) is 0 Å². The molecule has 1 aliphatic rings. The molecular weight excluding hydrogens is 490 g/mol. The van der Waals surface area contributed by atoms with Crippen LogP contribution in [0, 0.1) is 0 Å². The van der Waals surface area contributed by atoms with Crippen molar-refractivity contribution in [2.75, 3.05) is 26.3 Å². The minimum atomic E-state index is -0.782. The van der Waals surface area contributed by atoms with Crippen molar-refractivity contribution in [3.05, 3.63) is 82.0 Å². The van der Waals surface area contributed by atoms with Crippen LogP contribution in [0.5, 0.6) is 23.0 Å². The first kappa shape index (κ1) is 25.2. The second kappa shape index (κ2) is 10.9. The van der Waals surface area contributed by atoms with Gasteiger partial charge in [-0.15, -0.1) is 0 Å². The fraction of sp³-hybridized carbons (Fsp3) is 0.241. The van der Waals surface area contributed by atoms with Gasteiger partial charge in [-0.25, -0.2) is 4.79 Å². The second-order valence-corrected chi connectivity index (χ2v) is 9.13. The molecule has 1 aliphatic heterocycles. The summed E-state index contributed by atoms with van der Waals surface area (Å²) in [5.41, 5.74) is 1.59. The number of aromatic hydroxyl groups is 3. The van der Waals surface area contributed by atoms with Crippen LogP contribution < -0.4 is 10.2 Å². The molecule has 9 heteroatoms. The molecule has 0 aliphatic carbocycles. The zero-order chi connectivity index (χ0) is 26.6. The number of carbonyl (C=O) groups excluding carboxylic acids is 1. The number of hydrogen-bond acceptors (Lipinski definition) is 9. The highest BCUT2D eigenvalue weighted by Gasteiger charge is 2.17. The van der Waals surface area contributed by atoms with Gasteiger partial charge in [0.25, 0.3) is 0 Å². The maximum atomic E-state index is 12.5. The van der Waals surface area contributed by atoms with Gasteiger partial charge in [-0.2, -0.15) is 0 Å². The number of ether oxygens (including phenoxy) is 2. The third-order valence-electron chi connectivity index (χ3n) is 6.46. The monoisotopic (exact) mass is 517 g/mol. The molecule has 4 aromatic rings. The van der Waals surface area contributed by atoms with Crippen LogP contribution in [0.4, 0.5) is 0 Å². The number of rotatable bonds is 8. The molecule has 1 aromatic heterocycles. The number of benzene rings is 3. The van der Waals surface area contributed by atoms with Crippen molar-refractivity contribution in [1.29, 1.82) is 0 Å². The Morgan fingerprint density at radius 1 is 0.895 bits per heavy atom. The average Bonchev–Trinajstić information content (AvgIpc) is 3.43. The van der Waals surface area contributed by atoms with Gasteiger partial charge in [-0.3, -0.25) is 9.69 Å². The normalized spacial score (nSPS) is 13.6. The van der Waals surface area contributed by atoms with Gasteiger partial charge in [-0.1, -0.05) is 12.1 Å². The minimum Gasteiger partial charge on any atom is -0.504 e. The van der Waals surface area contributed by atoms with Crippen molar-refractivity contribution >= 4 is 16.9 Å². The summed E-state index contributed by atoms with van der Waals surface area (Å²) in [5, 5.41) is 29.1. The molecule has 9 nitrogen and oxygen atoms in total. The number of fused-ring (bicyclic) bond motifs is 1. The summed E-state index contributed by atoms with van der Waals surface area (Å²) in [6, 6.07) is 16.4. The van der Waals surface area contributed by atoms with Gasteiger partial charge in [0.05, 0.1) is 5.56 Å². The Balaban J connectivity index is 1.14. The molecule has 3 aromatic carbocycles. The van der Waals surface area contributed by atoms with Gasteiger partial charge in [0.2, 0.25) is 5.75 Å². The lowest BCUT2D eigenvalue weighted by molar-refractivity contribution is 0.0450. The molecule has 1 saturated heterocycles. The van der Waals surface area contributed by atoms with E-state index in [1.807, 2.05) is 12.1 Å². The number of esters is 1. The lowest BCUT2D eigenvalue weighted by Gasteiger charge is -2.14. The maximum absolute atomic E-state index is 12.5. The molecule has 0 amide bonds. The number of carbonyl (C=O) groups is 1. The fourth-order valence-electron chi connectivity index (χ4n) is 4.46. The first-order valence-corrected chi connectivity index (χ1v) is 12.3. The third kappa shape index (κ3) is 5.42. The number of nitrogens with zero attached hydrogens (tertiary/aromatic N) is 1. The number of likely N-dealkylation sites (tertiary alicyclic amines) is 1. The Bertz CT molecular complexity index is 1500. The van der Waals surface area contributed by atoms with Crippen LogP contribution in [0.15, 0.2) is 69.9 Å². The highest BCUT2D eigenvalue weighted by molar-refractivity contribution is 5.90. The summed E-state index contributed by atoms with van der Waals surface area (Å²) in [6.45, 7) is 3.37. The molecule has 1 fully saturated rings. The maximum Gasteiger partial charge on any atom is 0.338 e. The standard InChI is InChI=1S/C29H27NO8/c31-22-15-24(38-25-16-23(32)27(33)28(34)26(22)25)19-7-9-21(10-8-19)36-13-14-37-29(35)20-5-3-18(4-6-20)17-30-11-1-2-12-30/h3-10,15-16,32-34H,1-2,11-14,17H2. The van der Waals surface area contributed by atoms with E-state index in [1.54, 1.807) is 36.4 Å². The predicted molar refractivity (Wildman–Crippen MR) is 140 cm³/mol. The quantitative estimate of drug-likeness (QED) is 0.177. The lowest BCUT2D eigenvalue weighted by atomic mass is 10.1. The minimum absolute atomic E-state index is 0.0660. The molecule has 0 saturated carbocycles. The number of phenols is 3. The molecule has 3 N–H and O–H groups in total. The average molecular weight is 518 g/mol. The molecule has 0 bridgehead atoms. The van der Waals surface area contributed by atoms with E-state index in [1.165, 1.54) is 24.5 Å². The summed E-state index contributed by atoms with van der Waals surface area (Å²) < 4.78 is 16.6. The van der Waals surface area contributed by atoms with Gasteiger partial charge in [0.1, 0.15) is 35.7 Å². The molecule has 0 spiro atoms. The van der Waals surface area contributed by atoms with Crippen LogP contribution in [0.1, 0.15) is 28.8 Å². The van der Waals surface area contributed by atoms with Crippen molar-refractivity contribution in [1.82, 2.24) is 4.90 Å². The molecule has 2 heterocycles. The summed E-state index contributed by atoms with van der Waals surface area (Å²) in [7, 11) is 0. The van der Waals surface area contributed by atoms with Crippen LogP contribution in [0.25, 0.3) is 22.3 Å². The van der Waals surface area contributed by atoms with Crippen molar-refractivity contribution in [2.24, 2.45) is 0 Å². The molecule has 0 atom stereocenters. The number of hydrogen-bond donors (Lipinski definition) is 3. The molecule has 196 valence electrons. The SMILES string of the molecule is O=C(OCCOc1ccc(-c2cc(=O)c3c(O)c(O)c(O)cc3o2)cc1)c1ccc(CN2CCCC2)cc1. The Kier molecular flexibility index (Phi) is 7.19. The first-order valence-electron chi connectivity index (χ1n) is 12.3. The van der Waals surface area contributed by atoms with Gasteiger partial charge in [0.15, 0.2) is 16.9 Å². The highest BCUT2D eigenvalue weighted by Crippen LogP contribution is 2.40. The van der Waals surface area contributed by atoms with Crippen LogP contribution in [-0.2, 0) is 11.3 Å². The van der Waals surface area contributed by atoms with E-state index in [4.69, 9.17) is 13.9 Å². The van der Waals surface area contributed by atoms with Crippen LogP contribution in [-0.4, -0.2) is 52.5 Å². The lowest BCUT2D eigenvalue weighted by Crippen LogP contribution is -2.18. The van der Waals surface area contributed by atoms with Crippen molar-refractivity contribution in [2.45, 2.75) is 19.4 Å². The Morgan fingerprint density at radius 2 is 1.61 bits per heavy atom. The van der Waals surface area contributed by atoms with E-state index in [0.717, 1.165) is 25.7 Å². The van der Waals surface area contributed by atoms with E-state index < -0.39 is 28.6 Å². The summed E-state index contributed by atoms with van der Waals surface area (Å²) in [6.07, 6.45) is 2.48. The Labute approximate surface area is 218 Å². The molecule has 38 heavy (non-hydrogen) atoms. The van der Waals surface area contributed by atoms with Crippen molar-refractivity contribution < 1.29 is 34.0 Å². The molecular formula is C29H27NO8. The third-order valence-corrected chi connectivity index (χ3v) is 6.46. The van der Waals surface area contributed by atoms with Gasteiger partial charge in [0, 0.05) is 24.2 Å². The molecule has 0 unspecified atom stereocenters. The van der Waals surface area contributed by atoms with Crippen LogP contribution in [0.3, 0.4) is 0 Å². The Morgan fingerprint density at radius 3 is 2.32 bits per heavy atom. The zero-order valence-electron chi connectivity index (χ0n) is 20.6. The van der Waals surface area contributed by atoms with Crippen LogP contribution >= 0.6 is 0 Å². The van der Waals surface area contributed by atoms with Gasteiger partial charge < -0.3 is 29.2 Å². The molecule has 0 radical (unpaired) electrons. The van der Waals surface area contributed by atoms with E-state index in [2.05, 4.69) is 4.90 Å². The van der Waals surface area contributed by atoms with Gasteiger partial charge >= 0.3 is 5.97 Å². The fourth-order valence-corrected chi connectivity index (χ4v) is 4.46. The van der Waals surface area contributed by atoms with E-state index in [0.29, 0.717) is 16.9 Å². The summed E-state index contributed by atoms with van der Waals surface area (Å²) in [4.78, 5) is 27.2. The van der Waals surface area contributed by atoms with E-state index in [-0.39, 0.29) is 29.9 Å². The number of phenolic OH excluding ortho intramolecular Hbond substituents is 3. The Hall–Kier alpha value is -4.50. The largest absolute Gasteiger partial charge is 0.504 e. The predicted octanol–water partition coefficient (Wildman–Crippen LogP) is 4.41. The smallest absolute Gasteiger partial charge is 0.338 e. The second-order valence-electron chi connectivity index (χ2n) is 9.13. The van der Waals surface area contributed by atoms with E-state index >= 15 is 0 Å². The zero-order valence-corrected chi connectivity index (χ0v) is 20.6. The first-order chi connectivity index (χ1) is 18.4. The summed E-state index contributed by atoms with van der Waals surface area (Å²) in [5.74, 6) is -1.80. The van der Waals surface area contributed by atoms with E-state index in [9.17, 15) is 24.9 Å².